The molecule has 1 fully saturated rings. The largest absolute Gasteiger partial charge is 0.462 e. The zero-order chi connectivity index (χ0) is 37.4. The van der Waals surface area contributed by atoms with Crippen molar-refractivity contribution in [1.29, 1.82) is 0 Å². The van der Waals surface area contributed by atoms with Crippen molar-refractivity contribution in [2.75, 3.05) is 19.8 Å². The van der Waals surface area contributed by atoms with Gasteiger partial charge in [0.2, 0.25) is 0 Å². The highest BCUT2D eigenvalue weighted by atomic mass is 16.7. The van der Waals surface area contributed by atoms with Gasteiger partial charge in [0.15, 0.2) is 12.4 Å². The second kappa shape index (κ2) is 32.3. The van der Waals surface area contributed by atoms with E-state index in [1.807, 2.05) is 0 Å². The van der Waals surface area contributed by atoms with E-state index in [1.165, 1.54) is 38.5 Å². The van der Waals surface area contributed by atoms with Crippen molar-refractivity contribution in [3.8, 4) is 0 Å². The lowest BCUT2D eigenvalue weighted by molar-refractivity contribution is -0.305. The highest BCUT2D eigenvalue weighted by Crippen LogP contribution is 2.22. The third-order valence-electron chi connectivity index (χ3n) is 8.69. The summed E-state index contributed by atoms with van der Waals surface area (Å²) in [4.78, 5) is 25.2. The molecule has 6 unspecified atom stereocenters. The average Bonchev–Trinajstić information content (AvgIpc) is 3.13. The summed E-state index contributed by atoms with van der Waals surface area (Å²) in [6.45, 7) is 3.28. The molecule has 0 amide bonds. The summed E-state index contributed by atoms with van der Waals surface area (Å²) in [7, 11) is 0. The molecule has 1 aliphatic rings. The predicted molar refractivity (Wildman–Crippen MR) is 201 cm³/mol. The van der Waals surface area contributed by atoms with E-state index in [-0.39, 0.29) is 26.1 Å². The molecule has 0 bridgehead atoms. The molecule has 294 valence electrons. The molecule has 0 aromatic rings. The SMILES string of the molecule is CCCCCC=CCC=CCCCCCC(=O)OCC(COC1OC(CO)C(O)C(O)C1O)OC(=O)CCCCCC=CCC=CCCCCC. The molecule has 0 aliphatic carbocycles. The Bertz CT molecular complexity index is 975. The average molecular weight is 723 g/mol. The second-order valence-electron chi connectivity index (χ2n) is 13.4. The van der Waals surface area contributed by atoms with Gasteiger partial charge in [-0.2, -0.15) is 0 Å². The van der Waals surface area contributed by atoms with E-state index in [2.05, 4.69) is 62.5 Å². The Morgan fingerprint density at radius 2 is 1.10 bits per heavy atom. The molecule has 51 heavy (non-hydrogen) atoms. The van der Waals surface area contributed by atoms with E-state index in [4.69, 9.17) is 18.9 Å². The Balaban J connectivity index is 2.44. The van der Waals surface area contributed by atoms with E-state index in [0.717, 1.165) is 64.2 Å². The van der Waals surface area contributed by atoms with Crippen LogP contribution in [0.25, 0.3) is 0 Å². The van der Waals surface area contributed by atoms with Crippen LogP contribution in [0.4, 0.5) is 0 Å². The maximum absolute atomic E-state index is 12.7. The van der Waals surface area contributed by atoms with Crippen LogP contribution in [0.5, 0.6) is 0 Å². The fourth-order valence-electron chi connectivity index (χ4n) is 5.48. The molecule has 0 aromatic carbocycles. The van der Waals surface area contributed by atoms with E-state index < -0.39 is 55.4 Å². The Hall–Kier alpha value is -2.34. The minimum Gasteiger partial charge on any atom is -0.462 e. The third kappa shape index (κ3) is 24.5. The number of esters is 2. The number of aliphatic hydroxyl groups excluding tert-OH is 4. The summed E-state index contributed by atoms with van der Waals surface area (Å²) in [6.07, 6.45) is 28.4. The summed E-state index contributed by atoms with van der Waals surface area (Å²) in [6, 6.07) is 0. The first-order chi connectivity index (χ1) is 24.8. The van der Waals surface area contributed by atoms with Crippen molar-refractivity contribution >= 4 is 11.9 Å². The van der Waals surface area contributed by atoms with E-state index >= 15 is 0 Å². The molecule has 0 spiro atoms. The van der Waals surface area contributed by atoms with Gasteiger partial charge in [0.05, 0.1) is 13.2 Å². The molecule has 0 aromatic heterocycles. The normalized spacial score (nSPS) is 21.7. The van der Waals surface area contributed by atoms with Crippen LogP contribution in [0, 0.1) is 0 Å². The van der Waals surface area contributed by atoms with Crippen LogP contribution >= 0.6 is 0 Å². The highest BCUT2D eigenvalue weighted by Gasteiger charge is 2.44. The van der Waals surface area contributed by atoms with E-state index in [1.54, 1.807) is 0 Å². The van der Waals surface area contributed by atoms with Crippen LogP contribution in [-0.2, 0) is 28.5 Å². The molecule has 1 rings (SSSR count). The van der Waals surface area contributed by atoms with Crippen molar-refractivity contribution in [1.82, 2.24) is 0 Å². The van der Waals surface area contributed by atoms with Crippen LogP contribution < -0.4 is 0 Å². The van der Waals surface area contributed by atoms with Crippen LogP contribution in [0.3, 0.4) is 0 Å². The third-order valence-corrected chi connectivity index (χ3v) is 8.69. The molecule has 1 heterocycles. The van der Waals surface area contributed by atoms with Gasteiger partial charge in [-0.1, -0.05) is 101 Å². The van der Waals surface area contributed by atoms with Crippen molar-refractivity contribution in [2.45, 2.75) is 179 Å². The van der Waals surface area contributed by atoms with Crippen LogP contribution in [-0.4, -0.2) is 89.0 Å². The Kier molecular flexibility index (Phi) is 29.6. The lowest BCUT2D eigenvalue weighted by Crippen LogP contribution is -2.59. The van der Waals surface area contributed by atoms with Gasteiger partial charge in [-0.25, -0.2) is 0 Å². The summed E-state index contributed by atoms with van der Waals surface area (Å²) >= 11 is 0. The maximum atomic E-state index is 12.7. The molecule has 10 heteroatoms. The summed E-state index contributed by atoms with van der Waals surface area (Å²) < 4.78 is 22.0. The molecule has 1 saturated heterocycles. The van der Waals surface area contributed by atoms with Crippen molar-refractivity contribution in [3.63, 3.8) is 0 Å². The zero-order valence-electron chi connectivity index (χ0n) is 31.6. The van der Waals surface area contributed by atoms with Crippen molar-refractivity contribution in [2.24, 2.45) is 0 Å². The number of carbonyl (C=O) groups excluding carboxylic acids is 2. The number of rotatable bonds is 31. The maximum Gasteiger partial charge on any atom is 0.306 e. The molecule has 4 N–H and O–H groups in total. The number of ether oxygens (including phenoxy) is 4. The van der Waals surface area contributed by atoms with Crippen LogP contribution in [0.1, 0.15) is 142 Å². The Morgan fingerprint density at radius 1 is 0.608 bits per heavy atom. The Labute approximate surface area is 308 Å². The van der Waals surface area contributed by atoms with Crippen LogP contribution in [0.2, 0.25) is 0 Å². The number of hydrogen-bond acceptors (Lipinski definition) is 10. The molecule has 0 saturated carbocycles. The van der Waals surface area contributed by atoms with Gasteiger partial charge in [0.1, 0.15) is 31.0 Å². The van der Waals surface area contributed by atoms with E-state index in [0.29, 0.717) is 12.8 Å². The minimum absolute atomic E-state index is 0.193. The molecule has 6 atom stereocenters. The van der Waals surface area contributed by atoms with E-state index in [9.17, 15) is 30.0 Å². The number of aliphatic hydroxyl groups is 4. The smallest absolute Gasteiger partial charge is 0.306 e. The number of unbranched alkanes of at least 4 members (excludes halogenated alkanes) is 12. The van der Waals surface area contributed by atoms with Gasteiger partial charge >= 0.3 is 11.9 Å². The van der Waals surface area contributed by atoms with Gasteiger partial charge in [-0.05, 0) is 77.0 Å². The highest BCUT2D eigenvalue weighted by molar-refractivity contribution is 5.70. The van der Waals surface area contributed by atoms with Crippen molar-refractivity contribution < 1.29 is 49.0 Å². The summed E-state index contributed by atoms with van der Waals surface area (Å²) in [5, 5.41) is 39.9. The van der Waals surface area contributed by atoms with Crippen LogP contribution in [0.15, 0.2) is 48.6 Å². The van der Waals surface area contributed by atoms with Gasteiger partial charge in [-0.15, -0.1) is 0 Å². The lowest BCUT2D eigenvalue weighted by Gasteiger charge is -2.39. The van der Waals surface area contributed by atoms with Gasteiger partial charge in [-0.3, -0.25) is 9.59 Å². The van der Waals surface area contributed by atoms with Gasteiger partial charge in [0, 0.05) is 12.8 Å². The molecule has 1 aliphatic heterocycles. The fourth-order valence-corrected chi connectivity index (χ4v) is 5.48. The predicted octanol–water partition coefficient (Wildman–Crippen LogP) is 7.32. The first-order valence-corrected chi connectivity index (χ1v) is 19.7. The lowest BCUT2D eigenvalue weighted by atomic mass is 9.99. The topological polar surface area (TPSA) is 152 Å². The molecular formula is C41H70O10. The summed E-state index contributed by atoms with van der Waals surface area (Å²) in [5.41, 5.74) is 0. The zero-order valence-corrected chi connectivity index (χ0v) is 31.6. The fraction of sp³-hybridized carbons (Fsp3) is 0.756. The molecule has 0 radical (unpaired) electrons. The monoisotopic (exact) mass is 722 g/mol. The molecular weight excluding hydrogens is 652 g/mol. The standard InChI is InChI=1S/C41H70O10/c1-3-5-7-9-11-13-15-17-19-21-23-25-27-29-36(43)48-32-34(33-49-41-40(47)39(46)38(45)35(31-42)51-41)50-37(44)30-28-26-24-22-20-18-16-14-12-10-8-6-4-2/h11-14,17-20,34-35,38-42,45-47H,3-10,15-16,21-33H2,1-2H3. The van der Waals surface area contributed by atoms with Gasteiger partial charge in [0.25, 0.3) is 0 Å². The minimum atomic E-state index is -1.60. The Morgan fingerprint density at radius 3 is 1.59 bits per heavy atom. The quantitative estimate of drug-likeness (QED) is 0.0325. The van der Waals surface area contributed by atoms with Crippen molar-refractivity contribution in [3.05, 3.63) is 48.6 Å². The second-order valence-corrected chi connectivity index (χ2v) is 13.4. The number of allylic oxidation sites excluding steroid dienone is 8. The molecule has 10 nitrogen and oxygen atoms in total. The number of carbonyl (C=O) groups is 2. The summed E-state index contributed by atoms with van der Waals surface area (Å²) in [5.74, 6) is -0.870. The van der Waals surface area contributed by atoms with Gasteiger partial charge < -0.3 is 39.4 Å². The first-order valence-electron chi connectivity index (χ1n) is 19.7. The first kappa shape index (κ1) is 46.7. The number of hydrogen-bond donors (Lipinski definition) is 4.